The molecule has 4 rings (SSSR count). The van der Waals surface area contributed by atoms with Crippen LogP contribution in [0.15, 0.2) is 65.6 Å². The van der Waals surface area contributed by atoms with Crippen LogP contribution in [-0.2, 0) is 6.54 Å². The number of carbonyl (C=O) groups is 1. The maximum absolute atomic E-state index is 13.7. The minimum absolute atomic E-state index is 0. The largest absolute Gasteiger partial charge is 0.352 e. The van der Waals surface area contributed by atoms with Gasteiger partial charge in [-0.05, 0) is 44.0 Å². The van der Waals surface area contributed by atoms with E-state index in [1.54, 1.807) is 9.47 Å². The standard InChI is InChI=1S/C26H29ClN6O2.ClH/c1-3-22(31(15-7-14-28)25(34)20-12-10-18(2)11-13-20)24-30-23-21(27)16-29-33(23)26(35)32(24)17-19-8-5-4-6-9-19;/h4-6,8-13,16,22H,3,7,14-15,17,28H2,1-2H3;1H. The number of halogens is 2. The monoisotopic (exact) mass is 528 g/mol. The summed E-state index contributed by atoms with van der Waals surface area (Å²) in [7, 11) is 0. The lowest BCUT2D eigenvalue weighted by Gasteiger charge is -2.32. The number of aryl methyl sites for hydroxylation is 1. The Bertz CT molecular complexity index is 1370. The summed E-state index contributed by atoms with van der Waals surface area (Å²) in [5.41, 5.74) is 8.31. The molecule has 0 fully saturated rings. The Labute approximate surface area is 221 Å². The molecule has 8 nitrogen and oxygen atoms in total. The van der Waals surface area contributed by atoms with Crippen LogP contribution in [-0.4, -0.2) is 43.1 Å². The molecule has 10 heteroatoms. The summed E-state index contributed by atoms with van der Waals surface area (Å²) in [5, 5.41) is 4.40. The van der Waals surface area contributed by atoms with Gasteiger partial charge in [-0.1, -0.05) is 66.6 Å². The van der Waals surface area contributed by atoms with Crippen molar-refractivity contribution in [3.05, 3.63) is 98.8 Å². The number of carbonyl (C=O) groups excluding carboxylic acids is 1. The smallest absolute Gasteiger partial charge is 0.330 e. The van der Waals surface area contributed by atoms with Gasteiger partial charge in [-0.3, -0.25) is 9.36 Å². The highest BCUT2D eigenvalue weighted by Crippen LogP contribution is 2.27. The van der Waals surface area contributed by atoms with Crippen LogP contribution in [0, 0.1) is 6.92 Å². The zero-order valence-corrected chi connectivity index (χ0v) is 21.9. The molecule has 1 amide bonds. The number of hydrogen-bond acceptors (Lipinski definition) is 5. The molecule has 2 aromatic heterocycles. The summed E-state index contributed by atoms with van der Waals surface area (Å²) in [5.74, 6) is 0.332. The van der Waals surface area contributed by atoms with Gasteiger partial charge in [0.05, 0.1) is 18.8 Å². The molecule has 190 valence electrons. The molecule has 0 saturated carbocycles. The number of fused-ring (bicyclic) bond motifs is 1. The third kappa shape index (κ3) is 5.61. The lowest BCUT2D eigenvalue weighted by molar-refractivity contribution is 0.0655. The third-order valence-electron chi connectivity index (χ3n) is 6.02. The first-order valence-electron chi connectivity index (χ1n) is 11.7. The van der Waals surface area contributed by atoms with Crippen molar-refractivity contribution in [1.82, 2.24) is 24.1 Å². The van der Waals surface area contributed by atoms with Gasteiger partial charge in [0, 0.05) is 12.1 Å². The Morgan fingerprint density at radius 1 is 1.14 bits per heavy atom. The van der Waals surface area contributed by atoms with E-state index in [1.807, 2.05) is 68.4 Å². The third-order valence-corrected chi connectivity index (χ3v) is 6.28. The van der Waals surface area contributed by atoms with E-state index < -0.39 is 6.04 Å². The van der Waals surface area contributed by atoms with E-state index >= 15 is 0 Å². The van der Waals surface area contributed by atoms with Crippen molar-refractivity contribution in [3.63, 3.8) is 0 Å². The van der Waals surface area contributed by atoms with Gasteiger partial charge < -0.3 is 10.6 Å². The lowest BCUT2D eigenvalue weighted by Crippen LogP contribution is -2.41. The maximum Gasteiger partial charge on any atom is 0.352 e. The van der Waals surface area contributed by atoms with Gasteiger partial charge in [-0.15, -0.1) is 12.4 Å². The minimum atomic E-state index is -0.470. The highest BCUT2D eigenvalue weighted by atomic mass is 35.5. The molecule has 0 spiro atoms. The van der Waals surface area contributed by atoms with Crippen molar-refractivity contribution >= 4 is 35.6 Å². The van der Waals surface area contributed by atoms with Crippen LogP contribution in [0.4, 0.5) is 0 Å². The zero-order chi connectivity index (χ0) is 24.9. The molecule has 0 saturated heterocycles. The average molecular weight is 529 g/mol. The van der Waals surface area contributed by atoms with E-state index in [4.69, 9.17) is 22.3 Å². The van der Waals surface area contributed by atoms with Crippen molar-refractivity contribution in [2.75, 3.05) is 13.1 Å². The van der Waals surface area contributed by atoms with Crippen LogP contribution in [0.5, 0.6) is 0 Å². The second kappa shape index (κ2) is 12.2. The second-order valence-electron chi connectivity index (χ2n) is 8.48. The van der Waals surface area contributed by atoms with Gasteiger partial charge in [0.25, 0.3) is 5.91 Å². The van der Waals surface area contributed by atoms with Crippen LogP contribution < -0.4 is 11.4 Å². The molecule has 2 aromatic carbocycles. The number of nitrogens with zero attached hydrogens (tertiary/aromatic N) is 5. The first kappa shape index (κ1) is 27.4. The van der Waals surface area contributed by atoms with E-state index in [9.17, 15) is 9.59 Å². The first-order valence-corrected chi connectivity index (χ1v) is 12.1. The van der Waals surface area contributed by atoms with Crippen LogP contribution in [0.1, 0.15) is 53.1 Å². The minimum Gasteiger partial charge on any atom is -0.330 e. The lowest BCUT2D eigenvalue weighted by atomic mass is 10.1. The van der Waals surface area contributed by atoms with Crippen molar-refractivity contribution in [3.8, 4) is 0 Å². The number of benzene rings is 2. The molecular formula is C26H30Cl2N6O2. The molecule has 1 atom stereocenters. The number of aromatic nitrogens is 4. The van der Waals surface area contributed by atoms with Crippen molar-refractivity contribution < 1.29 is 4.79 Å². The number of amides is 1. The molecule has 1 unspecified atom stereocenters. The zero-order valence-electron chi connectivity index (χ0n) is 20.3. The van der Waals surface area contributed by atoms with Gasteiger partial charge in [0.1, 0.15) is 10.8 Å². The molecule has 0 radical (unpaired) electrons. The number of nitrogens with two attached hydrogens (primary N) is 1. The molecule has 0 aliphatic rings. The summed E-state index contributed by atoms with van der Waals surface area (Å²) in [4.78, 5) is 33.8. The predicted molar refractivity (Wildman–Crippen MR) is 144 cm³/mol. The summed E-state index contributed by atoms with van der Waals surface area (Å²) in [6, 6.07) is 16.7. The van der Waals surface area contributed by atoms with Gasteiger partial charge in [-0.2, -0.15) is 9.61 Å². The predicted octanol–water partition coefficient (Wildman–Crippen LogP) is 4.27. The number of hydrogen-bond donors (Lipinski definition) is 1. The quantitative estimate of drug-likeness (QED) is 0.349. The Hall–Kier alpha value is -3.20. The Kier molecular flexibility index (Phi) is 9.25. The van der Waals surface area contributed by atoms with E-state index in [0.717, 1.165) is 11.1 Å². The van der Waals surface area contributed by atoms with Crippen molar-refractivity contribution in [1.29, 1.82) is 0 Å². The normalized spacial score (nSPS) is 11.8. The van der Waals surface area contributed by atoms with Crippen LogP contribution in [0.25, 0.3) is 5.65 Å². The van der Waals surface area contributed by atoms with E-state index in [2.05, 4.69) is 5.10 Å². The summed E-state index contributed by atoms with van der Waals surface area (Å²) in [6.45, 7) is 5.11. The molecule has 2 N–H and O–H groups in total. The van der Waals surface area contributed by atoms with Crippen molar-refractivity contribution in [2.24, 2.45) is 5.73 Å². The van der Waals surface area contributed by atoms with E-state index in [-0.39, 0.29) is 41.2 Å². The molecule has 2 heterocycles. The highest BCUT2D eigenvalue weighted by Gasteiger charge is 2.29. The van der Waals surface area contributed by atoms with E-state index in [0.29, 0.717) is 37.3 Å². The second-order valence-corrected chi connectivity index (χ2v) is 8.89. The molecule has 36 heavy (non-hydrogen) atoms. The van der Waals surface area contributed by atoms with Crippen molar-refractivity contribution in [2.45, 2.75) is 39.3 Å². The first-order chi connectivity index (χ1) is 16.9. The van der Waals surface area contributed by atoms with Gasteiger partial charge >= 0.3 is 5.69 Å². The van der Waals surface area contributed by atoms with Gasteiger partial charge in [0.15, 0.2) is 5.65 Å². The van der Waals surface area contributed by atoms with Crippen LogP contribution in [0.3, 0.4) is 0 Å². The molecule has 0 bridgehead atoms. The van der Waals surface area contributed by atoms with Crippen LogP contribution in [0.2, 0.25) is 5.02 Å². The molecule has 0 aliphatic heterocycles. The molecule has 0 aliphatic carbocycles. The maximum atomic E-state index is 13.7. The topological polar surface area (TPSA) is 98.5 Å². The Balaban J connectivity index is 0.00000361. The Morgan fingerprint density at radius 2 is 1.83 bits per heavy atom. The number of rotatable bonds is 9. The van der Waals surface area contributed by atoms with Gasteiger partial charge in [0.2, 0.25) is 0 Å². The highest BCUT2D eigenvalue weighted by molar-refractivity contribution is 6.33. The fourth-order valence-corrected chi connectivity index (χ4v) is 4.34. The summed E-state index contributed by atoms with van der Waals surface area (Å²) in [6.07, 6.45) is 2.57. The van der Waals surface area contributed by atoms with Gasteiger partial charge in [-0.25, -0.2) is 9.78 Å². The Morgan fingerprint density at radius 3 is 2.47 bits per heavy atom. The SMILES string of the molecule is CCC(c1nc2c(Cl)cnn2c(=O)n1Cc1ccccc1)N(CCCN)C(=O)c1ccc(C)cc1.Cl. The average Bonchev–Trinajstić information content (AvgIpc) is 3.25. The fourth-order valence-electron chi connectivity index (χ4n) is 4.18. The van der Waals surface area contributed by atoms with Crippen LogP contribution >= 0.6 is 24.0 Å². The summed E-state index contributed by atoms with van der Waals surface area (Å²) < 4.78 is 2.78. The van der Waals surface area contributed by atoms with E-state index in [1.165, 1.54) is 10.7 Å². The molecule has 4 aromatic rings. The molecular weight excluding hydrogens is 499 g/mol. The summed E-state index contributed by atoms with van der Waals surface area (Å²) >= 11 is 6.32. The fraction of sp³-hybridized carbons (Fsp3) is 0.308.